The Morgan fingerprint density at radius 1 is 0.880 bits per heavy atom. The van der Waals surface area contributed by atoms with Crippen molar-refractivity contribution in [1.29, 1.82) is 0 Å². The summed E-state index contributed by atoms with van der Waals surface area (Å²) < 4.78 is 10.4. The highest BCUT2D eigenvalue weighted by Gasteiger charge is 2.01. The zero-order valence-electron chi connectivity index (χ0n) is 13.0. The zero-order chi connectivity index (χ0) is 17.9. The van der Waals surface area contributed by atoms with E-state index in [0.717, 1.165) is 10.0 Å². The van der Waals surface area contributed by atoms with Gasteiger partial charge in [0.1, 0.15) is 24.0 Å². The van der Waals surface area contributed by atoms with Crippen LogP contribution >= 0.6 is 15.9 Å². The van der Waals surface area contributed by atoms with E-state index in [1.807, 2.05) is 12.1 Å². The molecule has 0 aliphatic carbocycles. The first-order valence-corrected chi connectivity index (χ1v) is 7.90. The Hall–Kier alpha value is -3.06. The van der Waals surface area contributed by atoms with Crippen molar-refractivity contribution in [1.82, 2.24) is 9.97 Å². The highest BCUT2D eigenvalue weighted by atomic mass is 79.9. The van der Waals surface area contributed by atoms with Gasteiger partial charge in [0.2, 0.25) is 5.89 Å². The molecule has 0 spiro atoms. The fourth-order valence-corrected chi connectivity index (χ4v) is 2.04. The number of hydrogen-bond acceptors (Lipinski definition) is 6. The topological polar surface area (TPSA) is 92.5 Å². The van der Waals surface area contributed by atoms with Gasteiger partial charge in [0.05, 0.1) is 12.4 Å². The molecule has 0 unspecified atom stereocenters. The molecule has 2 N–H and O–H groups in total. The van der Waals surface area contributed by atoms with Crippen molar-refractivity contribution in [3.63, 3.8) is 0 Å². The van der Waals surface area contributed by atoms with E-state index in [2.05, 4.69) is 30.3 Å². The molecule has 0 fully saturated rings. The Morgan fingerprint density at radius 3 is 2.08 bits per heavy atom. The van der Waals surface area contributed by atoms with E-state index in [-0.39, 0.29) is 5.75 Å². The first-order valence-electron chi connectivity index (χ1n) is 7.11. The van der Waals surface area contributed by atoms with Crippen molar-refractivity contribution in [2.45, 2.75) is 0 Å². The molecule has 4 rings (SSSR count). The van der Waals surface area contributed by atoms with Crippen molar-refractivity contribution in [3.05, 3.63) is 84.3 Å². The van der Waals surface area contributed by atoms with E-state index in [0.29, 0.717) is 11.6 Å². The van der Waals surface area contributed by atoms with Crippen LogP contribution in [0.3, 0.4) is 0 Å². The molecule has 128 valence electrons. The van der Waals surface area contributed by atoms with Crippen LogP contribution in [0.4, 0.5) is 0 Å². The molecule has 2 aromatic heterocycles. The summed E-state index contributed by atoms with van der Waals surface area (Å²) in [7, 11) is 0. The Bertz CT molecular complexity index is 815. The lowest BCUT2D eigenvalue weighted by atomic mass is 10.2. The van der Waals surface area contributed by atoms with Gasteiger partial charge in [-0.2, -0.15) is 0 Å². The Morgan fingerprint density at radius 2 is 1.64 bits per heavy atom. The van der Waals surface area contributed by atoms with Crippen LogP contribution in [0.15, 0.2) is 93.2 Å². The lowest BCUT2D eigenvalue weighted by molar-refractivity contribution is 0.474. The third-order valence-electron chi connectivity index (χ3n) is 2.68. The number of aromatic hydroxyl groups is 2. The SMILES string of the molecule is Oc1cccc(-c2ncco2)c1.Oc1cccc(Br)c1.c1cocn1. The van der Waals surface area contributed by atoms with Crippen LogP contribution in [0.1, 0.15) is 0 Å². The molecular weight excluding hydrogens is 388 g/mol. The standard InChI is InChI=1S/C9H7NO2.C6H5BrO.C3H3NO/c11-8-3-1-2-7(6-8)9-10-4-5-12-9;7-5-2-1-3-6(8)4-5;1-2-5-3-4-1/h1-6,11H;1-4,8H;1-3H. The number of aromatic nitrogens is 2. The van der Waals surface area contributed by atoms with Crippen LogP contribution in [-0.4, -0.2) is 20.2 Å². The highest BCUT2D eigenvalue weighted by Crippen LogP contribution is 2.20. The average Bonchev–Trinajstić information content (AvgIpc) is 3.32. The second-order valence-electron chi connectivity index (χ2n) is 4.54. The maximum atomic E-state index is 9.14. The van der Waals surface area contributed by atoms with Crippen LogP contribution < -0.4 is 0 Å². The van der Waals surface area contributed by atoms with Crippen LogP contribution in [0.2, 0.25) is 0 Å². The second-order valence-corrected chi connectivity index (χ2v) is 5.46. The fourth-order valence-electron chi connectivity index (χ4n) is 1.66. The summed E-state index contributed by atoms with van der Waals surface area (Å²) in [5.74, 6) is 1.02. The lowest BCUT2D eigenvalue weighted by Crippen LogP contribution is -1.75. The van der Waals surface area contributed by atoms with Gasteiger partial charge in [0, 0.05) is 10.0 Å². The molecule has 0 saturated heterocycles. The molecular formula is C18H15BrN2O4. The zero-order valence-corrected chi connectivity index (χ0v) is 14.6. The van der Waals surface area contributed by atoms with Crippen LogP contribution in [0.5, 0.6) is 11.5 Å². The molecule has 7 heteroatoms. The van der Waals surface area contributed by atoms with Gasteiger partial charge in [-0.3, -0.25) is 0 Å². The van der Waals surface area contributed by atoms with Gasteiger partial charge in [-0.1, -0.05) is 28.1 Å². The second kappa shape index (κ2) is 9.94. The summed E-state index contributed by atoms with van der Waals surface area (Å²) in [4.78, 5) is 7.51. The molecule has 0 bridgehead atoms. The van der Waals surface area contributed by atoms with Gasteiger partial charge in [0.25, 0.3) is 0 Å². The molecule has 0 radical (unpaired) electrons. The summed E-state index contributed by atoms with van der Waals surface area (Å²) in [5.41, 5.74) is 0.778. The van der Waals surface area contributed by atoms with Gasteiger partial charge >= 0.3 is 0 Å². The lowest BCUT2D eigenvalue weighted by Gasteiger charge is -1.94. The van der Waals surface area contributed by atoms with Gasteiger partial charge in [0.15, 0.2) is 6.39 Å². The first-order chi connectivity index (χ1) is 12.1. The van der Waals surface area contributed by atoms with Crippen molar-refractivity contribution < 1.29 is 19.0 Å². The van der Waals surface area contributed by atoms with Crippen LogP contribution in [0.25, 0.3) is 11.5 Å². The third kappa shape index (κ3) is 6.92. The van der Waals surface area contributed by atoms with E-state index in [4.69, 9.17) is 14.6 Å². The number of benzene rings is 2. The molecule has 0 amide bonds. The number of hydrogen-bond donors (Lipinski definition) is 2. The highest BCUT2D eigenvalue weighted by molar-refractivity contribution is 9.10. The minimum Gasteiger partial charge on any atom is -0.508 e. The number of phenolic OH excluding ortho intramolecular Hbond substituents is 2. The Kier molecular flexibility index (Phi) is 7.27. The number of oxazole rings is 2. The van der Waals surface area contributed by atoms with Gasteiger partial charge < -0.3 is 19.0 Å². The molecule has 6 nitrogen and oxygen atoms in total. The van der Waals surface area contributed by atoms with E-state index in [1.165, 1.54) is 18.9 Å². The van der Waals surface area contributed by atoms with Crippen molar-refractivity contribution in [3.8, 4) is 23.0 Å². The molecule has 0 aliphatic heterocycles. The quantitative estimate of drug-likeness (QED) is 0.471. The van der Waals surface area contributed by atoms with Crippen molar-refractivity contribution >= 4 is 15.9 Å². The van der Waals surface area contributed by atoms with E-state index in [9.17, 15) is 0 Å². The third-order valence-corrected chi connectivity index (χ3v) is 3.17. The predicted octanol–water partition coefficient (Wildman–Crippen LogP) is 4.88. The van der Waals surface area contributed by atoms with E-state index < -0.39 is 0 Å². The number of nitrogens with zero attached hydrogens (tertiary/aromatic N) is 2. The number of halogens is 1. The van der Waals surface area contributed by atoms with Crippen LogP contribution in [-0.2, 0) is 0 Å². The summed E-state index contributed by atoms with van der Waals surface area (Å²) in [6, 6.07) is 13.7. The van der Waals surface area contributed by atoms with E-state index in [1.54, 1.807) is 48.8 Å². The largest absolute Gasteiger partial charge is 0.508 e. The molecule has 2 aromatic carbocycles. The minimum absolute atomic E-state index is 0.214. The summed E-state index contributed by atoms with van der Waals surface area (Å²) in [6.45, 7) is 0. The molecule has 2 heterocycles. The van der Waals surface area contributed by atoms with Gasteiger partial charge in [-0.25, -0.2) is 9.97 Å². The smallest absolute Gasteiger partial charge is 0.225 e. The summed E-state index contributed by atoms with van der Waals surface area (Å²) in [5, 5.41) is 17.9. The van der Waals surface area contributed by atoms with Crippen molar-refractivity contribution in [2.75, 3.05) is 0 Å². The van der Waals surface area contributed by atoms with Gasteiger partial charge in [-0.15, -0.1) is 0 Å². The van der Waals surface area contributed by atoms with Crippen molar-refractivity contribution in [2.24, 2.45) is 0 Å². The fraction of sp³-hybridized carbons (Fsp3) is 0. The first kappa shape index (κ1) is 18.3. The maximum Gasteiger partial charge on any atom is 0.225 e. The molecule has 0 atom stereocenters. The Balaban J connectivity index is 0.000000149. The summed E-state index contributed by atoms with van der Waals surface area (Å²) >= 11 is 3.20. The number of rotatable bonds is 1. The predicted molar refractivity (Wildman–Crippen MR) is 95.9 cm³/mol. The number of phenols is 2. The normalized spacial score (nSPS) is 9.32. The Labute approximate surface area is 152 Å². The molecule has 0 aliphatic rings. The minimum atomic E-state index is 0.214. The van der Waals surface area contributed by atoms with Crippen LogP contribution in [0, 0.1) is 0 Å². The molecule has 4 aromatic rings. The van der Waals surface area contributed by atoms with Gasteiger partial charge in [-0.05, 0) is 36.4 Å². The summed E-state index contributed by atoms with van der Waals surface area (Å²) in [6.07, 6.45) is 7.54. The molecule has 0 saturated carbocycles. The molecule has 25 heavy (non-hydrogen) atoms. The maximum absolute atomic E-state index is 9.14. The van der Waals surface area contributed by atoms with E-state index >= 15 is 0 Å². The monoisotopic (exact) mass is 402 g/mol. The average molecular weight is 403 g/mol.